The molecule has 0 atom stereocenters. The van der Waals surface area contributed by atoms with Gasteiger partial charge in [0.15, 0.2) is 5.13 Å². The van der Waals surface area contributed by atoms with Crippen molar-refractivity contribution in [1.82, 2.24) is 15.0 Å². The van der Waals surface area contributed by atoms with E-state index in [0.717, 1.165) is 48.6 Å². The van der Waals surface area contributed by atoms with Crippen LogP contribution in [0.2, 0.25) is 0 Å². The number of ether oxygens (including phenoxy) is 1. The first-order valence-corrected chi connectivity index (χ1v) is 9.84. The number of thiazole rings is 1. The fourth-order valence-electron chi connectivity index (χ4n) is 3.14. The van der Waals surface area contributed by atoms with Gasteiger partial charge in [0, 0.05) is 32.2 Å². The van der Waals surface area contributed by atoms with E-state index in [9.17, 15) is 4.79 Å². The molecule has 27 heavy (non-hydrogen) atoms. The van der Waals surface area contributed by atoms with E-state index in [1.165, 1.54) is 23.1 Å². The zero-order valence-corrected chi connectivity index (χ0v) is 16.3. The number of fused-ring (bicyclic) bond motifs is 1. The van der Waals surface area contributed by atoms with E-state index in [-0.39, 0.29) is 11.7 Å². The Labute approximate surface area is 161 Å². The number of hydrogen-bond donors (Lipinski definition) is 0. The van der Waals surface area contributed by atoms with Crippen LogP contribution >= 0.6 is 11.3 Å². The molecule has 4 rings (SSSR count). The lowest BCUT2D eigenvalue weighted by Gasteiger charge is -2.28. The monoisotopic (exact) mass is 386 g/mol. The Bertz CT molecular complexity index is 932. The lowest BCUT2D eigenvalue weighted by atomic mass is 10.1. The number of carbonyl (C=O) groups excluding carboxylic acids is 1. The summed E-state index contributed by atoms with van der Waals surface area (Å²) in [4.78, 5) is 21.8. The minimum absolute atomic E-state index is 0.214. The minimum atomic E-state index is -0.214. The van der Waals surface area contributed by atoms with Crippen LogP contribution in [0.4, 0.5) is 5.13 Å². The zero-order valence-electron chi connectivity index (χ0n) is 15.5. The summed E-state index contributed by atoms with van der Waals surface area (Å²) < 4.78 is 11.6. The van der Waals surface area contributed by atoms with Gasteiger partial charge >= 0.3 is 0 Å². The van der Waals surface area contributed by atoms with E-state index in [0.29, 0.717) is 11.7 Å². The maximum atomic E-state index is 13.0. The van der Waals surface area contributed by atoms with Crippen LogP contribution in [0.5, 0.6) is 0 Å². The predicted octanol–water partition coefficient (Wildman–Crippen LogP) is 2.88. The van der Waals surface area contributed by atoms with Crippen molar-refractivity contribution in [2.45, 2.75) is 13.8 Å². The topological polar surface area (TPSA) is 71.7 Å². The van der Waals surface area contributed by atoms with Gasteiger partial charge in [0.1, 0.15) is 0 Å². The molecule has 1 aromatic carbocycles. The average Bonchev–Trinajstić information content (AvgIpc) is 3.36. The number of nitrogens with zero attached hydrogens (tertiary/aromatic N) is 4. The summed E-state index contributed by atoms with van der Waals surface area (Å²) in [5, 5.41) is 4.36. The first-order valence-electron chi connectivity index (χ1n) is 9.03. The first kappa shape index (κ1) is 18.1. The molecule has 0 saturated carbocycles. The molecule has 1 aliphatic heterocycles. The molecule has 8 heteroatoms. The molecule has 3 heterocycles. The van der Waals surface area contributed by atoms with Crippen molar-refractivity contribution in [1.29, 1.82) is 0 Å². The number of carbonyl (C=O) groups is 1. The molecule has 1 aliphatic rings. The van der Waals surface area contributed by atoms with E-state index >= 15 is 0 Å². The summed E-state index contributed by atoms with van der Waals surface area (Å²) in [7, 11) is 0. The van der Waals surface area contributed by atoms with Crippen molar-refractivity contribution >= 4 is 32.6 Å². The third-order valence-corrected chi connectivity index (χ3v) is 5.99. The molecule has 1 amide bonds. The predicted molar refractivity (Wildman–Crippen MR) is 105 cm³/mol. The number of amides is 1. The largest absolute Gasteiger partial charge is 0.379 e. The van der Waals surface area contributed by atoms with E-state index in [1.807, 2.05) is 0 Å². The minimum Gasteiger partial charge on any atom is -0.379 e. The first-order chi connectivity index (χ1) is 13.1. The fraction of sp³-hybridized carbons (Fsp3) is 0.421. The number of anilines is 1. The van der Waals surface area contributed by atoms with Crippen molar-refractivity contribution in [2.24, 2.45) is 0 Å². The van der Waals surface area contributed by atoms with Gasteiger partial charge in [0.25, 0.3) is 5.91 Å². The lowest BCUT2D eigenvalue weighted by molar-refractivity contribution is 0.0390. The Morgan fingerprint density at radius 2 is 2.07 bits per heavy atom. The van der Waals surface area contributed by atoms with Gasteiger partial charge in [-0.3, -0.25) is 14.6 Å². The second-order valence-corrected chi connectivity index (χ2v) is 7.65. The standard InChI is InChI=1S/C19H22N4O3S/c1-13-3-4-16-17(14(13)2)21-19(27-16)23(18(24)15-5-6-20-26-15)8-7-22-9-11-25-12-10-22/h3-6H,7-12H2,1-2H3. The van der Waals surface area contributed by atoms with Crippen LogP contribution < -0.4 is 4.90 Å². The molecule has 142 valence electrons. The third-order valence-electron chi connectivity index (χ3n) is 4.94. The Morgan fingerprint density at radius 3 is 2.81 bits per heavy atom. The summed E-state index contributed by atoms with van der Waals surface area (Å²) >= 11 is 1.53. The van der Waals surface area contributed by atoms with Crippen molar-refractivity contribution in [3.63, 3.8) is 0 Å². The number of benzene rings is 1. The Hall–Kier alpha value is -2.29. The Morgan fingerprint density at radius 1 is 1.26 bits per heavy atom. The average molecular weight is 386 g/mol. The van der Waals surface area contributed by atoms with Crippen molar-refractivity contribution in [2.75, 3.05) is 44.3 Å². The highest BCUT2D eigenvalue weighted by Crippen LogP contribution is 2.32. The fourth-order valence-corrected chi connectivity index (χ4v) is 4.19. The summed E-state index contributed by atoms with van der Waals surface area (Å²) in [6.07, 6.45) is 1.49. The lowest BCUT2D eigenvalue weighted by Crippen LogP contribution is -2.43. The Balaban J connectivity index is 1.64. The normalized spacial score (nSPS) is 15.3. The maximum Gasteiger partial charge on any atom is 0.298 e. The number of hydrogen-bond acceptors (Lipinski definition) is 7. The molecular weight excluding hydrogens is 364 g/mol. The summed E-state index contributed by atoms with van der Waals surface area (Å²) in [5.74, 6) is 0.0123. The second kappa shape index (κ2) is 7.75. The van der Waals surface area contributed by atoms with Crippen molar-refractivity contribution in [3.8, 4) is 0 Å². The second-order valence-electron chi connectivity index (χ2n) is 6.64. The number of aryl methyl sites for hydroxylation is 2. The molecule has 7 nitrogen and oxygen atoms in total. The van der Waals surface area contributed by atoms with E-state index in [2.05, 4.69) is 36.0 Å². The number of aromatic nitrogens is 2. The maximum absolute atomic E-state index is 13.0. The van der Waals surface area contributed by atoms with Crippen molar-refractivity contribution in [3.05, 3.63) is 41.3 Å². The van der Waals surface area contributed by atoms with Crippen molar-refractivity contribution < 1.29 is 14.1 Å². The molecule has 0 spiro atoms. The highest BCUT2D eigenvalue weighted by Gasteiger charge is 2.25. The van der Waals surface area contributed by atoms with Crippen LogP contribution in [-0.2, 0) is 4.74 Å². The van der Waals surface area contributed by atoms with Crippen LogP contribution in [0.25, 0.3) is 10.2 Å². The molecule has 0 radical (unpaired) electrons. The summed E-state index contributed by atoms with van der Waals surface area (Å²) in [5.41, 5.74) is 3.30. The molecule has 3 aromatic rings. The molecular formula is C19H22N4O3S. The molecule has 1 fully saturated rings. The summed E-state index contributed by atoms with van der Waals surface area (Å²) in [6.45, 7) is 8.66. The van der Waals surface area contributed by atoms with Crippen LogP contribution in [0.15, 0.2) is 28.9 Å². The van der Waals surface area contributed by atoms with Gasteiger partial charge in [-0.1, -0.05) is 22.6 Å². The van der Waals surface area contributed by atoms with Gasteiger partial charge in [-0.05, 0) is 31.0 Å². The van der Waals surface area contributed by atoms with E-state index < -0.39 is 0 Å². The van der Waals surface area contributed by atoms with Crippen LogP contribution in [0, 0.1) is 13.8 Å². The van der Waals surface area contributed by atoms with E-state index in [4.69, 9.17) is 14.2 Å². The van der Waals surface area contributed by atoms with Gasteiger partial charge in [-0.2, -0.15) is 0 Å². The molecule has 0 aliphatic carbocycles. The zero-order chi connectivity index (χ0) is 18.8. The highest BCUT2D eigenvalue weighted by atomic mass is 32.1. The Kier molecular flexibility index (Phi) is 5.20. The number of rotatable bonds is 5. The molecule has 1 saturated heterocycles. The smallest absolute Gasteiger partial charge is 0.298 e. The molecule has 0 unspecified atom stereocenters. The van der Waals surface area contributed by atoms with Gasteiger partial charge < -0.3 is 9.26 Å². The summed E-state index contributed by atoms with van der Waals surface area (Å²) in [6, 6.07) is 5.75. The SMILES string of the molecule is Cc1ccc2sc(N(CCN3CCOCC3)C(=O)c3ccno3)nc2c1C. The van der Waals surface area contributed by atoms with Gasteiger partial charge in [0.05, 0.1) is 29.6 Å². The molecule has 2 aromatic heterocycles. The van der Waals surface area contributed by atoms with Crippen LogP contribution in [-0.4, -0.2) is 60.3 Å². The molecule has 0 bridgehead atoms. The van der Waals surface area contributed by atoms with E-state index in [1.54, 1.807) is 11.0 Å². The highest BCUT2D eigenvalue weighted by molar-refractivity contribution is 7.22. The van der Waals surface area contributed by atoms with Gasteiger partial charge in [-0.25, -0.2) is 4.98 Å². The van der Waals surface area contributed by atoms with Gasteiger partial charge in [-0.15, -0.1) is 0 Å². The third kappa shape index (κ3) is 3.73. The van der Waals surface area contributed by atoms with Crippen LogP contribution in [0.3, 0.4) is 0 Å². The molecule has 0 N–H and O–H groups in total. The quantitative estimate of drug-likeness (QED) is 0.671. The number of morpholine rings is 1. The van der Waals surface area contributed by atoms with Crippen LogP contribution in [0.1, 0.15) is 21.7 Å². The van der Waals surface area contributed by atoms with Gasteiger partial charge in [0.2, 0.25) is 5.76 Å².